The number of nitrogens with zero attached hydrogens (tertiary/aromatic N) is 2. The Kier molecular flexibility index (Phi) is 16.0. The molecule has 0 aliphatic heterocycles. The minimum atomic E-state index is -1.82. The Labute approximate surface area is 243 Å². The lowest BCUT2D eigenvalue weighted by molar-refractivity contribution is -0.0223. The summed E-state index contributed by atoms with van der Waals surface area (Å²) in [7, 11) is -0.161. The van der Waals surface area contributed by atoms with Gasteiger partial charge in [-0.1, -0.05) is 33.8 Å². The fourth-order valence-electron chi connectivity index (χ4n) is 3.79. The van der Waals surface area contributed by atoms with Gasteiger partial charge in [0, 0.05) is 13.3 Å². The van der Waals surface area contributed by atoms with Crippen LogP contribution < -0.4 is 0 Å². The van der Waals surface area contributed by atoms with Crippen LogP contribution in [0.5, 0.6) is 0 Å². The van der Waals surface area contributed by atoms with E-state index in [0.29, 0.717) is 79.3 Å². The molecule has 1 aromatic rings. The second kappa shape index (κ2) is 18.3. The molecule has 230 valence electrons. The number of aromatic nitrogens is 2. The highest BCUT2D eigenvalue weighted by Crippen LogP contribution is 2.38. The zero-order chi connectivity index (χ0) is 29.3. The topological polar surface area (TPSA) is 90.4 Å². The monoisotopic (exact) mass is 582 g/mol. The van der Waals surface area contributed by atoms with Crippen LogP contribution in [0.25, 0.3) is 5.57 Å². The summed E-state index contributed by atoms with van der Waals surface area (Å²) in [5, 5.41) is 0.179. The molecule has 10 heteroatoms. The molecule has 1 atom stereocenters. The molecule has 0 bridgehead atoms. The summed E-state index contributed by atoms with van der Waals surface area (Å²) in [6.45, 7) is 20.5. The molecular weight excluding hydrogens is 528 g/mol. The van der Waals surface area contributed by atoms with Crippen LogP contribution in [0.15, 0.2) is 18.3 Å². The first kappa shape index (κ1) is 35.0. The van der Waals surface area contributed by atoms with E-state index in [-0.39, 0.29) is 10.5 Å². The number of rotatable bonds is 21. The van der Waals surface area contributed by atoms with Gasteiger partial charge in [0.1, 0.15) is 0 Å². The van der Waals surface area contributed by atoms with Crippen molar-refractivity contribution in [2.75, 3.05) is 79.8 Å². The molecule has 2 rings (SSSR count). The molecule has 1 heterocycles. The van der Waals surface area contributed by atoms with E-state index in [4.69, 9.17) is 37.8 Å². The highest BCUT2D eigenvalue weighted by Gasteiger charge is 2.37. The van der Waals surface area contributed by atoms with Crippen LogP contribution in [0.3, 0.4) is 0 Å². The molecule has 1 aliphatic rings. The van der Waals surface area contributed by atoms with E-state index in [1.54, 1.807) is 7.11 Å². The van der Waals surface area contributed by atoms with Crippen molar-refractivity contribution >= 4 is 13.9 Å². The predicted molar refractivity (Wildman–Crippen MR) is 160 cm³/mol. The Bertz CT molecular complexity index is 863. The quantitative estimate of drug-likeness (QED) is 0.141. The largest absolute Gasteiger partial charge is 0.411 e. The Morgan fingerprint density at radius 3 is 1.90 bits per heavy atom. The van der Waals surface area contributed by atoms with E-state index in [1.807, 2.05) is 12.3 Å². The first-order valence-electron chi connectivity index (χ1n) is 14.6. The number of methoxy groups -OCH3 is 1. The molecule has 1 aromatic heterocycles. The average Bonchev–Trinajstić information content (AvgIpc) is 2.92. The van der Waals surface area contributed by atoms with Gasteiger partial charge in [0.25, 0.3) is 0 Å². The number of ether oxygens (including phenoxy) is 6. The normalized spacial score (nSPS) is 18.2. The number of hydrogen-bond acceptors (Lipinski definition) is 9. The minimum absolute atomic E-state index is 0.116. The van der Waals surface area contributed by atoms with E-state index in [2.05, 4.69) is 51.8 Å². The summed E-state index contributed by atoms with van der Waals surface area (Å²) >= 11 is 0. The maximum atomic E-state index is 6.36. The lowest BCUT2D eigenvalue weighted by Gasteiger charge is -2.36. The third-order valence-electron chi connectivity index (χ3n) is 7.60. The van der Waals surface area contributed by atoms with Crippen molar-refractivity contribution in [3.8, 4) is 0 Å². The molecule has 0 aromatic carbocycles. The smallest absolute Gasteiger partial charge is 0.192 e. The van der Waals surface area contributed by atoms with Gasteiger partial charge in [0.15, 0.2) is 14.1 Å². The summed E-state index contributed by atoms with van der Waals surface area (Å²) in [5.41, 5.74) is 2.28. The van der Waals surface area contributed by atoms with Crippen LogP contribution in [0, 0.1) is 5.41 Å². The second-order valence-electron chi connectivity index (χ2n) is 12.2. The summed E-state index contributed by atoms with van der Waals surface area (Å²) in [4.78, 5) is 9.38. The van der Waals surface area contributed by atoms with Crippen LogP contribution >= 0.6 is 0 Å². The SMILES string of the molecule is COCCOCCOCCOCCOCCOC[C@]1(C)CC=C(c2nccc(CO[Si](C)(C)C(C)(C)C)n2)CC1. The third kappa shape index (κ3) is 13.6. The van der Waals surface area contributed by atoms with Crippen molar-refractivity contribution in [2.45, 2.75) is 71.7 Å². The van der Waals surface area contributed by atoms with Crippen molar-refractivity contribution in [3.05, 3.63) is 29.9 Å². The lowest BCUT2D eigenvalue weighted by Crippen LogP contribution is -2.40. The molecule has 0 amide bonds. The van der Waals surface area contributed by atoms with Crippen molar-refractivity contribution in [1.29, 1.82) is 0 Å². The summed E-state index contributed by atoms with van der Waals surface area (Å²) in [6, 6.07) is 1.96. The Morgan fingerprint density at radius 2 is 1.40 bits per heavy atom. The van der Waals surface area contributed by atoms with Crippen LogP contribution in [0.2, 0.25) is 18.1 Å². The molecule has 0 saturated carbocycles. The minimum Gasteiger partial charge on any atom is -0.411 e. The van der Waals surface area contributed by atoms with Gasteiger partial charge in [-0.3, -0.25) is 0 Å². The molecule has 0 radical (unpaired) electrons. The van der Waals surface area contributed by atoms with E-state index in [9.17, 15) is 0 Å². The highest BCUT2D eigenvalue weighted by atomic mass is 28.4. The Morgan fingerprint density at radius 1 is 0.850 bits per heavy atom. The van der Waals surface area contributed by atoms with E-state index >= 15 is 0 Å². The molecule has 9 nitrogen and oxygen atoms in total. The number of hydrogen-bond donors (Lipinski definition) is 0. The van der Waals surface area contributed by atoms with Crippen LogP contribution in [-0.4, -0.2) is 98.1 Å². The van der Waals surface area contributed by atoms with Gasteiger partial charge in [-0.2, -0.15) is 0 Å². The van der Waals surface area contributed by atoms with Gasteiger partial charge in [-0.05, 0) is 54.4 Å². The van der Waals surface area contributed by atoms with Gasteiger partial charge < -0.3 is 32.8 Å². The molecule has 0 spiro atoms. The van der Waals surface area contributed by atoms with Crippen LogP contribution in [0.1, 0.15) is 58.5 Å². The van der Waals surface area contributed by atoms with Crippen molar-refractivity contribution in [3.63, 3.8) is 0 Å². The third-order valence-corrected chi connectivity index (χ3v) is 12.1. The fraction of sp³-hybridized carbons (Fsp3) is 0.800. The van der Waals surface area contributed by atoms with Crippen molar-refractivity contribution < 1.29 is 32.8 Å². The average molecular weight is 583 g/mol. The Hall–Kier alpha value is -1.24. The van der Waals surface area contributed by atoms with Gasteiger partial charge in [-0.15, -0.1) is 0 Å². The summed E-state index contributed by atoms with van der Waals surface area (Å²) < 4.78 is 39.1. The maximum absolute atomic E-state index is 6.36. The van der Waals surface area contributed by atoms with Crippen LogP contribution in [-0.2, 0) is 39.5 Å². The molecule has 0 N–H and O–H groups in total. The molecule has 1 aliphatic carbocycles. The van der Waals surface area contributed by atoms with E-state index in [1.165, 1.54) is 5.57 Å². The lowest BCUT2D eigenvalue weighted by atomic mass is 9.77. The molecular formula is C30H54N2O7Si. The first-order chi connectivity index (χ1) is 19.1. The second-order valence-corrected chi connectivity index (χ2v) is 17.0. The summed E-state index contributed by atoms with van der Waals surface area (Å²) in [5.74, 6) is 0.827. The van der Waals surface area contributed by atoms with Gasteiger partial charge >= 0.3 is 0 Å². The van der Waals surface area contributed by atoms with Gasteiger partial charge in [0.2, 0.25) is 0 Å². The molecule has 0 saturated heterocycles. The first-order valence-corrected chi connectivity index (χ1v) is 17.5. The van der Waals surface area contributed by atoms with Gasteiger partial charge in [0.05, 0.1) is 85.0 Å². The molecule has 40 heavy (non-hydrogen) atoms. The zero-order valence-electron chi connectivity index (χ0n) is 26.1. The predicted octanol–water partition coefficient (Wildman–Crippen LogP) is 5.30. The summed E-state index contributed by atoms with van der Waals surface area (Å²) in [6.07, 6.45) is 7.08. The molecule has 0 unspecified atom stereocenters. The fourth-order valence-corrected chi connectivity index (χ4v) is 4.73. The van der Waals surface area contributed by atoms with Gasteiger partial charge in [-0.25, -0.2) is 9.97 Å². The van der Waals surface area contributed by atoms with E-state index in [0.717, 1.165) is 30.8 Å². The number of allylic oxidation sites excluding steroid dienone is 2. The van der Waals surface area contributed by atoms with Crippen LogP contribution in [0.4, 0.5) is 0 Å². The van der Waals surface area contributed by atoms with Crippen molar-refractivity contribution in [1.82, 2.24) is 9.97 Å². The van der Waals surface area contributed by atoms with Crippen molar-refractivity contribution in [2.24, 2.45) is 5.41 Å². The highest BCUT2D eigenvalue weighted by molar-refractivity contribution is 6.74. The molecule has 0 fully saturated rings. The Balaban J connectivity index is 1.56. The zero-order valence-corrected chi connectivity index (χ0v) is 27.1. The maximum Gasteiger partial charge on any atom is 0.192 e. The standard InChI is InChI=1S/C30H54N2O7Si/c1-29(2,3)40(6,7)39-24-27-10-13-31-28(32-27)26-8-11-30(4,12-9-26)25-38-23-22-37-21-20-36-19-18-35-17-16-34-15-14-33-5/h8,10,13H,9,11-12,14-25H2,1-7H3/t30-/m1/s1. The van der Waals surface area contributed by atoms with E-state index < -0.39 is 8.32 Å².